The summed E-state index contributed by atoms with van der Waals surface area (Å²) in [5, 5.41) is -0.834. The average molecular weight is 445 g/mol. The van der Waals surface area contributed by atoms with Crippen molar-refractivity contribution in [2.45, 2.75) is 44.1 Å². The van der Waals surface area contributed by atoms with Crippen LogP contribution in [0.1, 0.15) is 32.1 Å². The standard InChI is InChI=1S/C15H15Cl3F3N5O/c16-7-6-8(27-15(19,20)21)9(17)10(18)11(7)26-13(23)24-12(22)25-14(26)4-2-1-3-5-14/h6H,1-5H2,(H4,22,23,24,25). The van der Waals surface area contributed by atoms with Crippen LogP contribution in [0.5, 0.6) is 5.75 Å². The molecule has 1 saturated carbocycles. The van der Waals surface area contributed by atoms with Gasteiger partial charge in [-0.1, -0.05) is 41.2 Å². The van der Waals surface area contributed by atoms with E-state index < -0.39 is 22.8 Å². The van der Waals surface area contributed by atoms with Crippen molar-refractivity contribution in [1.29, 1.82) is 0 Å². The Morgan fingerprint density at radius 3 is 2.30 bits per heavy atom. The summed E-state index contributed by atoms with van der Waals surface area (Å²) in [7, 11) is 0. The Kier molecular flexibility index (Phi) is 5.31. The molecule has 0 amide bonds. The van der Waals surface area contributed by atoms with Crippen LogP contribution in [0.15, 0.2) is 16.1 Å². The zero-order valence-electron chi connectivity index (χ0n) is 13.8. The van der Waals surface area contributed by atoms with Gasteiger partial charge in [-0.2, -0.15) is 4.99 Å². The quantitative estimate of drug-likeness (QED) is 0.650. The van der Waals surface area contributed by atoms with Crippen LogP contribution < -0.4 is 21.1 Å². The van der Waals surface area contributed by atoms with E-state index in [4.69, 9.17) is 46.3 Å². The van der Waals surface area contributed by atoms with Gasteiger partial charge in [0.25, 0.3) is 0 Å². The number of halogens is 6. The molecule has 0 saturated heterocycles. The number of hydrogen-bond acceptors (Lipinski definition) is 6. The molecule has 12 heteroatoms. The SMILES string of the molecule is NC1=NC2(CCCCC2)N(c2c(Cl)cc(OC(F)(F)F)c(Cl)c2Cl)C(N)=N1. The summed E-state index contributed by atoms with van der Waals surface area (Å²) in [6.45, 7) is 0. The van der Waals surface area contributed by atoms with Crippen molar-refractivity contribution in [2.24, 2.45) is 21.5 Å². The minimum absolute atomic E-state index is 0.0148. The molecule has 0 radical (unpaired) electrons. The monoisotopic (exact) mass is 443 g/mol. The number of alkyl halides is 3. The third-order valence-corrected chi connectivity index (χ3v) is 5.53. The Morgan fingerprint density at radius 1 is 1.07 bits per heavy atom. The molecule has 0 atom stereocenters. The van der Waals surface area contributed by atoms with Crippen molar-refractivity contribution in [3.63, 3.8) is 0 Å². The van der Waals surface area contributed by atoms with Crippen molar-refractivity contribution < 1.29 is 17.9 Å². The molecule has 1 aromatic rings. The van der Waals surface area contributed by atoms with E-state index in [1.54, 1.807) is 0 Å². The van der Waals surface area contributed by atoms with E-state index >= 15 is 0 Å². The first kappa shape index (κ1) is 20.2. The molecule has 2 aliphatic rings. The van der Waals surface area contributed by atoms with Crippen LogP contribution >= 0.6 is 34.8 Å². The van der Waals surface area contributed by atoms with Gasteiger partial charge in [-0.25, -0.2) is 4.99 Å². The highest BCUT2D eigenvalue weighted by Gasteiger charge is 2.45. The summed E-state index contributed by atoms with van der Waals surface area (Å²) in [5.74, 6) is -0.717. The average Bonchev–Trinajstić information content (AvgIpc) is 2.54. The van der Waals surface area contributed by atoms with Crippen LogP contribution in [0.2, 0.25) is 15.1 Å². The van der Waals surface area contributed by atoms with Crippen LogP contribution in [0, 0.1) is 0 Å². The van der Waals surface area contributed by atoms with E-state index in [0.717, 1.165) is 25.3 Å². The van der Waals surface area contributed by atoms with E-state index in [1.807, 2.05) is 0 Å². The molecule has 27 heavy (non-hydrogen) atoms. The maximum atomic E-state index is 12.6. The number of aliphatic imine (C=N–C) groups is 2. The summed E-state index contributed by atoms with van der Waals surface area (Å²) in [6.07, 6.45) is -1.07. The molecule has 4 N–H and O–H groups in total. The first-order chi connectivity index (χ1) is 12.5. The summed E-state index contributed by atoms with van der Waals surface area (Å²) in [6, 6.07) is 0.935. The summed E-state index contributed by atoms with van der Waals surface area (Å²) >= 11 is 18.5. The Morgan fingerprint density at radius 2 is 1.70 bits per heavy atom. The minimum Gasteiger partial charge on any atom is -0.404 e. The van der Waals surface area contributed by atoms with Crippen molar-refractivity contribution >= 4 is 52.4 Å². The molecule has 0 bridgehead atoms. The Balaban J connectivity index is 2.14. The van der Waals surface area contributed by atoms with Gasteiger partial charge in [-0.15, -0.1) is 13.2 Å². The summed E-state index contributed by atoms with van der Waals surface area (Å²) in [4.78, 5) is 9.91. The Labute approximate surface area is 167 Å². The van der Waals surface area contributed by atoms with Gasteiger partial charge >= 0.3 is 6.36 Å². The number of anilines is 1. The molecule has 1 aromatic carbocycles. The zero-order chi connectivity index (χ0) is 20.0. The lowest BCUT2D eigenvalue weighted by molar-refractivity contribution is -0.274. The van der Waals surface area contributed by atoms with Gasteiger partial charge in [0.15, 0.2) is 5.75 Å². The number of rotatable bonds is 2. The zero-order valence-corrected chi connectivity index (χ0v) is 16.1. The van der Waals surface area contributed by atoms with E-state index in [9.17, 15) is 13.2 Å². The topological polar surface area (TPSA) is 89.2 Å². The second kappa shape index (κ2) is 7.10. The van der Waals surface area contributed by atoms with Crippen molar-refractivity contribution in [2.75, 3.05) is 4.90 Å². The largest absolute Gasteiger partial charge is 0.573 e. The van der Waals surface area contributed by atoms with Crippen LogP contribution in [0.4, 0.5) is 18.9 Å². The van der Waals surface area contributed by atoms with Gasteiger partial charge in [0.1, 0.15) is 10.7 Å². The molecule has 0 aromatic heterocycles. The summed E-state index contributed by atoms with van der Waals surface area (Å²) < 4.78 is 41.6. The van der Waals surface area contributed by atoms with E-state index in [-0.39, 0.29) is 27.7 Å². The molecule has 148 valence electrons. The maximum Gasteiger partial charge on any atom is 0.573 e. The Bertz CT molecular complexity index is 822. The van der Waals surface area contributed by atoms with Gasteiger partial charge in [0, 0.05) is 6.07 Å². The molecule has 1 aliphatic heterocycles. The number of nitrogens with zero attached hydrogens (tertiary/aromatic N) is 3. The maximum absolute atomic E-state index is 12.6. The number of benzene rings is 1. The highest BCUT2D eigenvalue weighted by molar-refractivity contribution is 6.47. The highest BCUT2D eigenvalue weighted by Crippen LogP contribution is 2.50. The fourth-order valence-electron chi connectivity index (χ4n) is 3.41. The van der Waals surface area contributed by atoms with Crippen LogP contribution in [0.3, 0.4) is 0 Å². The van der Waals surface area contributed by atoms with Crippen molar-refractivity contribution in [1.82, 2.24) is 0 Å². The Hall–Kier alpha value is -1.58. The van der Waals surface area contributed by atoms with Crippen LogP contribution in [0.25, 0.3) is 0 Å². The van der Waals surface area contributed by atoms with Gasteiger partial charge < -0.3 is 16.2 Å². The summed E-state index contributed by atoms with van der Waals surface area (Å²) in [5.41, 5.74) is 11.1. The minimum atomic E-state index is -4.95. The van der Waals surface area contributed by atoms with Crippen LogP contribution in [-0.4, -0.2) is 23.9 Å². The normalized spacial score (nSPS) is 19.7. The second-order valence-corrected chi connectivity index (χ2v) is 7.36. The lowest BCUT2D eigenvalue weighted by Gasteiger charge is -2.46. The predicted molar refractivity (Wildman–Crippen MR) is 99.7 cm³/mol. The molecular weight excluding hydrogens is 430 g/mol. The third kappa shape index (κ3) is 3.86. The van der Waals surface area contributed by atoms with Crippen molar-refractivity contribution in [3.8, 4) is 5.75 Å². The number of nitrogens with two attached hydrogens (primary N) is 2. The highest BCUT2D eigenvalue weighted by atomic mass is 35.5. The molecule has 1 fully saturated rings. The molecule has 6 nitrogen and oxygen atoms in total. The van der Waals surface area contributed by atoms with E-state index in [2.05, 4.69) is 14.7 Å². The molecular formula is C15H15Cl3F3N5O. The fraction of sp³-hybridized carbons (Fsp3) is 0.467. The van der Waals surface area contributed by atoms with Crippen LogP contribution in [-0.2, 0) is 0 Å². The smallest absolute Gasteiger partial charge is 0.404 e. The lowest BCUT2D eigenvalue weighted by Crippen LogP contribution is -2.58. The van der Waals surface area contributed by atoms with Gasteiger partial charge in [-0.05, 0) is 25.7 Å². The number of hydrogen-bond donors (Lipinski definition) is 2. The fourth-order valence-corrected chi connectivity index (χ4v) is 4.20. The van der Waals surface area contributed by atoms with E-state index in [1.165, 1.54) is 4.90 Å². The predicted octanol–water partition coefficient (Wildman–Crippen LogP) is 4.66. The lowest BCUT2D eigenvalue weighted by atomic mass is 9.87. The molecule has 1 heterocycles. The van der Waals surface area contributed by atoms with Gasteiger partial charge in [0.2, 0.25) is 11.9 Å². The molecule has 1 aliphatic carbocycles. The molecule has 3 rings (SSSR count). The van der Waals surface area contributed by atoms with Crippen molar-refractivity contribution in [3.05, 3.63) is 21.1 Å². The first-order valence-electron chi connectivity index (χ1n) is 7.97. The van der Waals surface area contributed by atoms with E-state index in [0.29, 0.717) is 12.8 Å². The number of ether oxygens (including phenoxy) is 1. The third-order valence-electron chi connectivity index (χ3n) is 4.40. The molecule has 0 unspecified atom stereocenters. The molecule has 1 spiro atoms. The van der Waals surface area contributed by atoms with Gasteiger partial charge in [-0.3, -0.25) is 4.90 Å². The number of guanidine groups is 2. The second-order valence-electron chi connectivity index (χ2n) is 6.20. The first-order valence-corrected chi connectivity index (χ1v) is 9.10. The van der Waals surface area contributed by atoms with Gasteiger partial charge in [0.05, 0.1) is 15.7 Å².